The highest BCUT2D eigenvalue weighted by Crippen LogP contribution is 2.49. The van der Waals surface area contributed by atoms with Crippen LogP contribution in [0.25, 0.3) is 0 Å². The van der Waals surface area contributed by atoms with Crippen molar-refractivity contribution in [3.05, 3.63) is 48.6 Å². The van der Waals surface area contributed by atoms with E-state index in [1.165, 1.54) is 243 Å². The molecule has 0 aliphatic carbocycles. The van der Waals surface area contributed by atoms with Crippen molar-refractivity contribution in [3.8, 4) is 0 Å². The van der Waals surface area contributed by atoms with Crippen molar-refractivity contribution in [3.63, 3.8) is 0 Å². The second-order valence-electron chi connectivity index (χ2n) is 37.7. The smallest absolute Gasteiger partial charge is 0.306 e. The molecule has 0 fully saturated rings. The van der Waals surface area contributed by atoms with Gasteiger partial charge >= 0.3 is 23.9 Å². The second kappa shape index (κ2) is 79.5. The van der Waals surface area contributed by atoms with Gasteiger partial charge in [0.15, 0.2) is 5.52 Å². The fraction of sp³-hybridized carbons (Fsp3) is 0.874. The normalized spacial score (nSPS) is 14.0. The summed E-state index contributed by atoms with van der Waals surface area (Å²) in [6, 6.07) is 0. The Morgan fingerprint density at radius 3 is 1.08 bits per heavy atom. The molecule has 0 aliphatic rings. The maximum atomic E-state index is 14.5. The third-order valence-corrected chi connectivity index (χ3v) is 30.0. The van der Waals surface area contributed by atoms with Gasteiger partial charge in [0.2, 0.25) is 0 Å². The maximum Gasteiger partial charge on any atom is 0.306 e. The topological polar surface area (TPSA) is 129 Å². The first-order valence-corrected chi connectivity index (χ1v) is 53.2. The number of hydrogen-bond donors (Lipinski definition) is 0. The number of nitrogens with zero attached hydrogens (tertiary/aromatic N) is 2. The molecule has 0 aromatic heterocycles. The van der Waals surface area contributed by atoms with E-state index in [1.807, 2.05) is 6.08 Å². The Morgan fingerprint density at radius 1 is 0.353 bits per heavy atom. The predicted molar refractivity (Wildman–Crippen MR) is 509 cm³/mol. The first kappa shape index (κ1) is 113. The summed E-state index contributed by atoms with van der Waals surface area (Å²) in [5.41, 5.74) is 0.158. The van der Waals surface area contributed by atoms with Crippen LogP contribution in [0.3, 0.4) is 0 Å². The summed E-state index contributed by atoms with van der Waals surface area (Å²) in [4.78, 5) is 69.8. The van der Waals surface area contributed by atoms with Crippen molar-refractivity contribution >= 4 is 45.2 Å². The number of ether oxygens (including phenoxy) is 4. The predicted octanol–water partition coefficient (Wildman–Crippen LogP) is 30.4. The maximum absolute atomic E-state index is 14.5. The summed E-state index contributed by atoms with van der Waals surface area (Å²) in [6.07, 6.45) is 85.7. The summed E-state index contributed by atoms with van der Waals surface area (Å²) in [6.45, 7) is 31.2. The Bertz CT molecular complexity index is 2390. The van der Waals surface area contributed by atoms with Gasteiger partial charge in [-0.3, -0.25) is 24.0 Å². The molecule has 6 atom stereocenters. The Labute approximate surface area is 723 Å². The van der Waals surface area contributed by atoms with Crippen LogP contribution in [0, 0.1) is 46.3 Å². The molecule has 0 spiro atoms. The van der Waals surface area contributed by atoms with Gasteiger partial charge in [-0.05, 0) is 230 Å². The molecule has 0 rings (SSSR count). The van der Waals surface area contributed by atoms with Crippen molar-refractivity contribution < 1.29 is 42.9 Å². The molecule has 11 nitrogen and oxygen atoms in total. The molecule has 116 heavy (non-hydrogen) atoms. The molecule has 0 aliphatic heterocycles. The lowest BCUT2D eigenvalue weighted by Crippen LogP contribution is -2.36. The second-order valence-corrected chi connectivity index (χ2v) is 42.7. The summed E-state index contributed by atoms with van der Waals surface area (Å²) >= 11 is 0. The summed E-state index contributed by atoms with van der Waals surface area (Å²) in [5.74, 6) is 3.59. The van der Waals surface area contributed by atoms with Gasteiger partial charge in [0, 0.05) is 37.6 Å². The molecule has 0 saturated carbocycles. The van der Waals surface area contributed by atoms with E-state index in [4.69, 9.17) is 18.9 Å². The molecule has 13 heteroatoms. The van der Waals surface area contributed by atoms with Crippen molar-refractivity contribution in [2.24, 2.45) is 46.3 Å². The minimum atomic E-state index is -0.752. The van der Waals surface area contributed by atoms with Gasteiger partial charge in [-0.1, -0.05) is 344 Å². The fourth-order valence-electron chi connectivity index (χ4n) is 17.6. The third-order valence-electron chi connectivity index (χ3n) is 24.3. The zero-order valence-corrected chi connectivity index (χ0v) is 81.5. The van der Waals surface area contributed by atoms with Crippen molar-refractivity contribution in [1.29, 1.82) is 0 Å². The van der Waals surface area contributed by atoms with Gasteiger partial charge in [0.25, 0.3) is 0 Å². The molecule has 0 aromatic carbocycles. The number of allylic oxidation sites excluding steroid dienone is 4. The highest BCUT2D eigenvalue weighted by molar-refractivity contribution is 7.74. The van der Waals surface area contributed by atoms with Gasteiger partial charge in [0.05, 0.1) is 0 Å². The molecule has 0 N–H and O–H groups in total. The van der Waals surface area contributed by atoms with Crippen LogP contribution in [0.2, 0.25) is 0 Å². The van der Waals surface area contributed by atoms with Gasteiger partial charge in [-0.25, -0.2) is 0 Å². The van der Waals surface area contributed by atoms with Gasteiger partial charge in [0.1, 0.15) is 26.4 Å². The molecule has 6 unspecified atom stereocenters. The van der Waals surface area contributed by atoms with Crippen LogP contribution in [0.15, 0.2) is 48.6 Å². The first-order valence-electron chi connectivity index (χ1n) is 49.6. The lowest BCUT2D eigenvalue weighted by Gasteiger charge is -2.37. The van der Waals surface area contributed by atoms with Crippen LogP contribution in [0.1, 0.15) is 436 Å². The molecule has 0 heterocycles. The number of carbonyl (C=O) groups excluding carboxylic acids is 5. The lowest BCUT2D eigenvalue weighted by molar-refractivity contribution is -0.143. The largest absolute Gasteiger partial charge is 0.461 e. The average Bonchev–Trinajstić information content (AvgIpc) is 0.821. The minimum Gasteiger partial charge on any atom is -0.461 e. The average molecular weight is 1670 g/mol. The SMILES string of the molecule is CCCCCC(C=CCOC(=O)CCCCCCCP(CCCCCCCC(=O)OCC=CC(CCCCC)CCCC(C)C(CC)CC(CC=CCOC(=O)CCCCCCCP(CCCCCCCC(=O)OCC=CCC(CCCC)CCCC)C(=O)C(C)(C)CC(C)(C)CN(C)C)CCCC)CCCCN(C)C)CCCCC. The minimum absolute atomic E-state index is 0.0401. The van der Waals surface area contributed by atoms with E-state index >= 15 is 0 Å². The summed E-state index contributed by atoms with van der Waals surface area (Å²) in [7, 11) is 7.92. The molecule has 0 bridgehead atoms. The van der Waals surface area contributed by atoms with Gasteiger partial charge < -0.3 is 28.7 Å². The Hall–Kier alpha value is -2.71. The summed E-state index contributed by atoms with van der Waals surface area (Å²) < 4.78 is 22.7. The van der Waals surface area contributed by atoms with Crippen molar-refractivity contribution in [1.82, 2.24) is 9.80 Å². The van der Waals surface area contributed by atoms with E-state index < -0.39 is 7.92 Å². The number of hydrogen-bond acceptors (Lipinski definition) is 11. The molecule has 680 valence electrons. The van der Waals surface area contributed by atoms with Crippen LogP contribution in [0.4, 0.5) is 0 Å². The number of esters is 4. The quantitative estimate of drug-likeness (QED) is 0.0190. The van der Waals surface area contributed by atoms with E-state index in [9.17, 15) is 24.0 Å². The van der Waals surface area contributed by atoms with E-state index in [0.29, 0.717) is 87.2 Å². The number of rotatable bonds is 86. The third kappa shape index (κ3) is 70.8. The number of unbranched alkanes of at least 4 members (excludes halogenated alkanes) is 26. The molecule has 0 radical (unpaired) electrons. The van der Waals surface area contributed by atoms with Crippen LogP contribution < -0.4 is 0 Å². The standard InChI is InChI=1S/C103H194N2O9P2/c1-17-24-42-66-93(67-43-25-18-2)72-60-81-113-99(108)76-45-34-30-38-54-83-115(85-58-51-78-104(13)14)84-55-39-31-35-46-77-100(109)114-82-61-73-94(68-44-26-19-3)71-59-62-91(8)96(23-7)88-95(65-29-22-6)70-50-53-80-112-98(107)75-48-37-33-41-57-87-116(101(110)103(11,12)89-102(9,10)90-105(15)16)86-56-40-32-36-47-74-97(106)111-79-52-49-69-92(63-27-20-4)64-28-21-5/h49-50,52-53,60-61,72-73,91-96H,17-48,51,54-59,62-71,74-90H2,1-16H3. The van der Waals surface area contributed by atoms with Crippen LogP contribution in [-0.2, 0) is 42.9 Å². The van der Waals surface area contributed by atoms with Crippen LogP contribution in [0.5, 0.6) is 0 Å². The van der Waals surface area contributed by atoms with E-state index in [1.54, 1.807) is 0 Å². The number of carbonyl (C=O) groups is 5. The van der Waals surface area contributed by atoms with Crippen LogP contribution >= 0.6 is 15.8 Å². The van der Waals surface area contributed by atoms with Gasteiger partial charge in [-0.15, -0.1) is 7.92 Å². The zero-order chi connectivity index (χ0) is 85.8. The van der Waals surface area contributed by atoms with Crippen LogP contribution in [-0.4, -0.2) is 138 Å². The van der Waals surface area contributed by atoms with Crippen molar-refractivity contribution in [2.45, 2.75) is 436 Å². The molecule has 0 amide bonds. The zero-order valence-electron chi connectivity index (χ0n) is 79.7. The highest BCUT2D eigenvalue weighted by Gasteiger charge is 2.38. The van der Waals surface area contributed by atoms with E-state index in [-0.39, 0.29) is 42.6 Å². The fourth-order valence-corrected chi connectivity index (χ4v) is 23.0. The van der Waals surface area contributed by atoms with Crippen molar-refractivity contribution in [2.75, 3.05) is 98.5 Å². The molecule has 0 saturated heterocycles. The molecule has 0 aromatic rings. The Morgan fingerprint density at radius 2 is 0.698 bits per heavy atom. The first-order chi connectivity index (χ1) is 56.0. The Kier molecular flexibility index (Phi) is 77.6. The summed E-state index contributed by atoms with van der Waals surface area (Å²) in [5, 5.41) is 0. The lowest BCUT2D eigenvalue weighted by atomic mass is 9.75. The van der Waals surface area contributed by atoms with E-state index in [0.717, 1.165) is 134 Å². The monoisotopic (exact) mass is 1670 g/mol. The molecular weight excluding hydrogens is 1470 g/mol. The molecular formula is C103H194N2O9P2. The van der Waals surface area contributed by atoms with Gasteiger partial charge in [-0.2, -0.15) is 0 Å². The van der Waals surface area contributed by atoms with E-state index in [2.05, 4.69) is 164 Å². The highest BCUT2D eigenvalue weighted by atomic mass is 31.1. The Balaban J connectivity index is 4.94.